The number of carbonyl (C=O) groups excluding carboxylic acids is 1. The molecule has 0 aromatic heterocycles. The summed E-state index contributed by atoms with van der Waals surface area (Å²) in [6.07, 6.45) is 0. The van der Waals surface area contributed by atoms with Gasteiger partial charge in [-0.25, -0.2) is 0 Å². The van der Waals surface area contributed by atoms with Crippen LogP contribution in [-0.4, -0.2) is 31.5 Å². The Kier molecular flexibility index (Phi) is 10.3. The van der Waals surface area contributed by atoms with E-state index < -0.39 is 0 Å². The van der Waals surface area contributed by atoms with E-state index in [2.05, 4.69) is 0 Å². The summed E-state index contributed by atoms with van der Waals surface area (Å²) >= 11 is 6.33. The number of halogens is 1. The monoisotopic (exact) mass is 497 g/mol. The Labute approximate surface area is 224 Å². The molecule has 4 rings (SSSR count). The van der Waals surface area contributed by atoms with Crippen LogP contribution in [0.3, 0.4) is 0 Å². The van der Waals surface area contributed by atoms with Gasteiger partial charge in [-0.1, -0.05) is 78.3 Å². The van der Waals surface area contributed by atoms with Crippen LogP contribution in [0.4, 0.5) is 0 Å². The number of methoxy groups -OCH3 is 1. The molecule has 0 heterocycles. The Bertz CT molecular complexity index is 1250. The zero-order valence-electron chi connectivity index (χ0n) is 19.7. The minimum atomic E-state index is -0.195. The van der Waals surface area contributed by atoms with Gasteiger partial charge in [0.25, 0.3) is 0 Å². The van der Waals surface area contributed by atoms with Gasteiger partial charge in [0.2, 0.25) is 0 Å². The van der Waals surface area contributed by atoms with Crippen LogP contribution < -0.4 is 19.5 Å². The fraction of sp³-hybridized carbons (Fsp3) is 0.107. The van der Waals surface area contributed by atoms with E-state index in [0.717, 1.165) is 16.4 Å². The van der Waals surface area contributed by atoms with Crippen molar-refractivity contribution in [2.45, 2.75) is 13.2 Å². The Morgan fingerprint density at radius 2 is 1.40 bits per heavy atom. The van der Waals surface area contributed by atoms with Crippen LogP contribution in [-0.2, 0) is 13.2 Å². The molecule has 0 aliphatic heterocycles. The van der Waals surface area contributed by atoms with Gasteiger partial charge in [-0.3, -0.25) is 4.79 Å². The van der Waals surface area contributed by atoms with E-state index in [4.69, 9.17) is 25.8 Å². The van der Waals surface area contributed by atoms with Crippen molar-refractivity contribution in [1.82, 2.24) is 0 Å². The Morgan fingerprint density at radius 1 is 0.771 bits per heavy atom. The summed E-state index contributed by atoms with van der Waals surface area (Å²) in [6.45, 7) is 0.820. The molecule has 1 radical (unpaired) electrons. The summed E-state index contributed by atoms with van der Waals surface area (Å²) < 4.78 is 17.5. The second kappa shape index (κ2) is 13.4. The second-order valence-electron chi connectivity index (χ2n) is 7.48. The molecule has 0 saturated carbocycles. The first kappa shape index (κ1) is 26.9. The molecule has 0 saturated heterocycles. The average molecular weight is 498 g/mol. The summed E-state index contributed by atoms with van der Waals surface area (Å²) in [7, 11) is 1.33. The van der Waals surface area contributed by atoms with Crippen LogP contribution in [0.5, 0.6) is 17.2 Å². The largest absolute Gasteiger partial charge is 0.496 e. The van der Waals surface area contributed by atoms with Crippen molar-refractivity contribution in [3.8, 4) is 17.2 Å². The van der Waals surface area contributed by atoms with E-state index in [0.29, 0.717) is 41.0 Å². The maximum atomic E-state index is 13.2. The van der Waals surface area contributed by atoms with E-state index in [9.17, 15) is 4.79 Å². The fourth-order valence-corrected chi connectivity index (χ4v) is 4.76. The summed E-state index contributed by atoms with van der Waals surface area (Å²) in [4.78, 5) is 13.2. The van der Waals surface area contributed by atoms with Gasteiger partial charge >= 0.3 is 0 Å². The van der Waals surface area contributed by atoms with Gasteiger partial charge in [0.1, 0.15) is 30.5 Å². The average Bonchev–Trinajstić information content (AvgIpc) is 2.88. The molecule has 0 aliphatic carbocycles. The van der Waals surface area contributed by atoms with Crippen LogP contribution in [0, 0.1) is 0 Å². The molecular weight excluding hydrogens is 474 g/mol. The first-order chi connectivity index (χ1) is 16.6. The van der Waals surface area contributed by atoms with Gasteiger partial charge < -0.3 is 14.2 Å². The molecule has 0 spiro atoms. The van der Waals surface area contributed by atoms with Crippen molar-refractivity contribution in [3.05, 3.63) is 119 Å². The molecule has 0 N–H and O–H groups in total. The predicted octanol–water partition coefficient (Wildman–Crippen LogP) is 6.27. The quantitative estimate of drug-likeness (QED) is 0.191. The number of hydrogen-bond acceptors (Lipinski definition) is 4. The molecule has 173 valence electrons. The molecule has 0 bridgehead atoms. The molecular formula is C28H24ClLiO4P. The fourth-order valence-electron chi connectivity index (χ4n) is 3.37. The predicted molar refractivity (Wildman–Crippen MR) is 144 cm³/mol. The third-order valence-electron chi connectivity index (χ3n) is 5.11. The standard InChI is InChI=1S/C28H24ClO4P.Li/c1-31-24-14-8-13-23(29)27(24)28(30)34-26-16-15-22(32-18-20-9-4-2-5-10-20)17-25(26)33-19-21-11-6-3-7-12-21;/h2-17,34H,18-19H2,1H3;. The van der Waals surface area contributed by atoms with E-state index in [1.807, 2.05) is 78.9 Å². The van der Waals surface area contributed by atoms with Gasteiger partial charge in [0, 0.05) is 30.2 Å². The third kappa shape index (κ3) is 7.37. The van der Waals surface area contributed by atoms with Gasteiger partial charge in [0.15, 0.2) is 5.52 Å². The van der Waals surface area contributed by atoms with Crippen molar-refractivity contribution in [3.63, 3.8) is 0 Å². The van der Waals surface area contributed by atoms with Crippen LogP contribution in [0.1, 0.15) is 21.5 Å². The minimum absolute atomic E-state index is 0. The summed E-state index contributed by atoms with van der Waals surface area (Å²) in [5, 5.41) is 1.14. The molecule has 7 heteroatoms. The molecule has 4 aromatic carbocycles. The van der Waals surface area contributed by atoms with Gasteiger partial charge in [0.05, 0.1) is 17.7 Å². The smallest absolute Gasteiger partial charge is 0.190 e. The number of hydrogen-bond donors (Lipinski definition) is 0. The molecule has 1 unspecified atom stereocenters. The van der Waals surface area contributed by atoms with Crippen molar-refractivity contribution < 1.29 is 19.0 Å². The third-order valence-corrected chi connectivity index (χ3v) is 6.58. The van der Waals surface area contributed by atoms with Gasteiger partial charge in [-0.2, -0.15) is 0 Å². The number of rotatable bonds is 10. The topological polar surface area (TPSA) is 44.8 Å². The van der Waals surface area contributed by atoms with Crippen molar-refractivity contribution in [2.24, 2.45) is 0 Å². The van der Waals surface area contributed by atoms with Crippen molar-refractivity contribution >= 4 is 49.9 Å². The zero-order valence-corrected chi connectivity index (χ0v) is 21.4. The molecule has 4 aromatic rings. The molecule has 0 amide bonds. The van der Waals surface area contributed by atoms with E-state index >= 15 is 0 Å². The zero-order chi connectivity index (χ0) is 23.8. The maximum Gasteiger partial charge on any atom is 0.190 e. The second-order valence-corrected chi connectivity index (χ2v) is 9.13. The van der Waals surface area contributed by atoms with Crippen LogP contribution >= 0.6 is 20.2 Å². The molecule has 1 atom stereocenters. The normalized spacial score (nSPS) is 10.6. The Hall–Kier alpha value is -2.73. The van der Waals surface area contributed by atoms with Crippen LogP contribution in [0.25, 0.3) is 0 Å². The SMILES string of the molecule is COc1cccc(Cl)c1C(=O)Pc1ccc(OCc2ccccc2)cc1OCc1ccccc1.[Li]. The van der Waals surface area contributed by atoms with Gasteiger partial charge in [-0.05, 0) is 44.0 Å². The van der Waals surface area contributed by atoms with Crippen LogP contribution in [0.15, 0.2) is 97.1 Å². The van der Waals surface area contributed by atoms with Crippen molar-refractivity contribution in [2.75, 3.05) is 7.11 Å². The number of ether oxygens (including phenoxy) is 3. The van der Waals surface area contributed by atoms with E-state index in [-0.39, 0.29) is 33.0 Å². The maximum absolute atomic E-state index is 13.2. The molecule has 35 heavy (non-hydrogen) atoms. The van der Waals surface area contributed by atoms with E-state index in [1.165, 1.54) is 7.11 Å². The molecule has 0 aliphatic rings. The first-order valence-electron chi connectivity index (χ1n) is 10.8. The summed E-state index contributed by atoms with van der Waals surface area (Å²) in [5.41, 5.74) is 2.36. The van der Waals surface area contributed by atoms with E-state index in [1.54, 1.807) is 18.2 Å². The molecule has 0 fully saturated rings. The van der Waals surface area contributed by atoms with Crippen LogP contribution in [0.2, 0.25) is 5.02 Å². The Balaban J connectivity index is 0.00000342. The number of benzene rings is 4. The van der Waals surface area contributed by atoms with Crippen molar-refractivity contribution in [1.29, 1.82) is 0 Å². The van der Waals surface area contributed by atoms with Gasteiger partial charge in [-0.15, -0.1) is 0 Å². The molecule has 4 nitrogen and oxygen atoms in total. The Morgan fingerprint density at radius 3 is 2.03 bits per heavy atom. The first-order valence-corrected chi connectivity index (χ1v) is 12.1. The number of carbonyl (C=O) groups is 1. The summed E-state index contributed by atoms with van der Waals surface area (Å²) in [5.74, 6) is 1.73. The summed E-state index contributed by atoms with van der Waals surface area (Å²) in [6, 6.07) is 30.6. The minimum Gasteiger partial charge on any atom is -0.496 e.